The molecule has 0 unspecified atom stereocenters. The molecule has 1 aromatic heterocycles. The standard InChI is InChI=1S/C19H33N3O2S/c1-14(2)22(15(3)4)18(24)13-25-19-20-10-17(12-23)21(19)11-16-8-6-5-7-9-16/h10,14-16,23H,5-9,11-13H2,1-4H3. The number of nitrogens with zero attached hydrogens (tertiary/aromatic N) is 3. The van der Waals surface area contributed by atoms with Gasteiger partial charge in [0.05, 0.1) is 24.3 Å². The van der Waals surface area contributed by atoms with Gasteiger partial charge < -0.3 is 14.6 Å². The van der Waals surface area contributed by atoms with Crippen molar-refractivity contribution in [3.63, 3.8) is 0 Å². The number of aliphatic hydroxyl groups excluding tert-OH is 1. The summed E-state index contributed by atoms with van der Waals surface area (Å²) in [6, 6.07) is 0.395. The predicted molar refractivity (Wildman–Crippen MR) is 103 cm³/mol. The minimum atomic E-state index is -0.00165. The van der Waals surface area contributed by atoms with E-state index in [1.807, 2.05) is 4.90 Å². The van der Waals surface area contributed by atoms with E-state index < -0.39 is 0 Å². The van der Waals surface area contributed by atoms with Crippen LogP contribution in [0.3, 0.4) is 0 Å². The van der Waals surface area contributed by atoms with Crippen LogP contribution in [0.25, 0.3) is 0 Å². The highest BCUT2D eigenvalue weighted by molar-refractivity contribution is 7.99. The maximum absolute atomic E-state index is 12.6. The quantitative estimate of drug-likeness (QED) is 0.712. The SMILES string of the molecule is CC(C)N(C(=O)CSc1ncc(CO)n1CC1CCCCC1)C(C)C. The van der Waals surface area contributed by atoms with Gasteiger partial charge >= 0.3 is 0 Å². The molecule has 0 bridgehead atoms. The van der Waals surface area contributed by atoms with Crippen molar-refractivity contribution in [1.29, 1.82) is 0 Å². The highest BCUT2D eigenvalue weighted by atomic mass is 32.2. The lowest BCUT2D eigenvalue weighted by atomic mass is 9.89. The van der Waals surface area contributed by atoms with Gasteiger partial charge in [0.1, 0.15) is 0 Å². The second-order valence-corrected chi connectivity index (χ2v) is 8.52. The number of imidazole rings is 1. The summed E-state index contributed by atoms with van der Waals surface area (Å²) >= 11 is 1.49. The number of thioether (sulfide) groups is 1. The van der Waals surface area contributed by atoms with Gasteiger partial charge in [-0.15, -0.1) is 0 Å². The van der Waals surface area contributed by atoms with Gasteiger partial charge in [0.25, 0.3) is 0 Å². The van der Waals surface area contributed by atoms with Crippen LogP contribution in [0.15, 0.2) is 11.4 Å². The molecule has 0 aromatic carbocycles. The zero-order chi connectivity index (χ0) is 18.4. The van der Waals surface area contributed by atoms with Gasteiger partial charge in [0.15, 0.2) is 5.16 Å². The summed E-state index contributed by atoms with van der Waals surface area (Å²) < 4.78 is 2.13. The lowest BCUT2D eigenvalue weighted by Crippen LogP contribution is -2.43. The second kappa shape index (κ2) is 9.62. The Morgan fingerprint density at radius 1 is 1.28 bits per heavy atom. The molecule has 142 valence electrons. The van der Waals surface area contributed by atoms with Crippen molar-refractivity contribution in [2.45, 2.75) is 90.2 Å². The molecule has 0 saturated heterocycles. The molecule has 0 atom stereocenters. The number of hydrogen-bond donors (Lipinski definition) is 1. The summed E-state index contributed by atoms with van der Waals surface area (Å²) in [6.07, 6.45) is 8.18. The van der Waals surface area contributed by atoms with E-state index in [1.165, 1.54) is 43.9 Å². The van der Waals surface area contributed by atoms with E-state index in [4.69, 9.17) is 0 Å². The zero-order valence-corrected chi connectivity index (χ0v) is 16.9. The molecule has 2 rings (SSSR count). The molecule has 1 aromatic rings. The van der Waals surface area contributed by atoms with Crippen molar-refractivity contribution in [1.82, 2.24) is 14.5 Å². The third-order valence-electron chi connectivity index (χ3n) is 4.95. The van der Waals surface area contributed by atoms with Gasteiger partial charge in [0.2, 0.25) is 5.91 Å². The average molecular weight is 368 g/mol. The first-order valence-electron chi connectivity index (χ1n) is 9.53. The molecule has 25 heavy (non-hydrogen) atoms. The van der Waals surface area contributed by atoms with Crippen LogP contribution in [-0.4, -0.2) is 43.3 Å². The fraction of sp³-hybridized carbons (Fsp3) is 0.789. The number of hydrogen-bond acceptors (Lipinski definition) is 4. The summed E-state index contributed by atoms with van der Waals surface area (Å²) in [5.41, 5.74) is 0.852. The molecule has 1 fully saturated rings. The Bertz CT molecular complexity index is 543. The molecule has 0 spiro atoms. The van der Waals surface area contributed by atoms with Crippen LogP contribution < -0.4 is 0 Å². The largest absolute Gasteiger partial charge is 0.390 e. The summed E-state index contributed by atoms with van der Waals surface area (Å²) in [7, 11) is 0. The minimum absolute atomic E-state index is 0.00165. The van der Waals surface area contributed by atoms with Crippen molar-refractivity contribution in [2.75, 3.05) is 5.75 Å². The third-order valence-corrected chi connectivity index (χ3v) is 5.93. The van der Waals surface area contributed by atoms with Crippen molar-refractivity contribution in [3.8, 4) is 0 Å². The van der Waals surface area contributed by atoms with Crippen LogP contribution in [0.1, 0.15) is 65.5 Å². The molecule has 1 aliphatic rings. The number of carbonyl (C=O) groups excluding carboxylic acids is 1. The van der Waals surface area contributed by atoms with E-state index >= 15 is 0 Å². The van der Waals surface area contributed by atoms with E-state index in [9.17, 15) is 9.90 Å². The van der Waals surface area contributed by atoms with Crippen LogP contribution in [0.2, 0.25) is 0 Å². The molecule has 1 N–H and O–H groups in total. The summed E-state index contributed by atoms with van der Waals surface area (Å²) in [6.45, 7) is 9.11. The van der Waals surface area contributed by atoms with Crippen LogP contribution in [0.5, 0.6) is 0 Å². The number of amides is 1. The van der Waals surface area contributed by atoms with E-state index in [1.54, 1.807) is 6.20 Å². The number of aromatic nitrogens is 2. The molecule has 1 heterocycles. The predicted octanol–water partition coefficient (Wildman–Crippen LogP) is 3.69. The molecule has 0 aliphatic heterocycles. The minimum Gasteiger partial charge on any atom is -0.390 e. The smallest absolute Gasteiger partial charge is 0.233 e. The number of carbonyl (C=O) groups is 1. The third kappa shape index (κ3) is 5.48. The Hall–Kier alpha value is -1.01. The Balaban J connectivity index is 2.03. The molecule has 0 radical (unpaired) electrons. The highest BCUT2D eigenvalue weighted by Gasteiger charge is 2.22. The normalized spacial score (nSPS) is 16.0. The first kappa shape index (κ1) is 20.3. The van der Waals surface area contributed by atoms with Crippen molar-refractivity contribution in [2.24, 2.45) is 5.92 Å². The van der Waals surface area contributed by atoms with E-state index in [0.717, 1.165) is 17.4 Å². The molecule has 5 nitrogen and oxygen atoms in total. The lowest BCUT2D eigenvalue weighted by molar-refractivity contribution is -0.131. The summed E-state index contributed by atoms with van der Waals surface area (Å²) in [4.78, 5) is 19.0. The number of aliphatic hydroxyl groups is 1. The van der Waals surface area contributed by atoms with Gasteiger partial charge in [-0.25, -0.2) is 4.98 Å². The topological polar surface area (TPSA) is 58.4 Å². The molecule has 1 saturated carbocycles. The lowest BCUT2D eigenvalue weighted by Gasteiger charge is -2.30. The van der Waals surface area contributed by atoms with Crippen LogP contribution in [0, 0.1) is 5.92 Å². The first-order valence-corrected chi connectivity index (χ1v) is 10.5. The first-order chi connectivity index (χ1) is 11.9. The van der Waals surface area contributed by atoms with Gasteiger partial charge in [-0.1, -0.05) is 31.0 Å². The average Bonchev–Trinajstić information content (AvgIpc) is 2.95. The van der Waals surface area contributed by atoms with Gasteiger partial charge in [-0.2, -0.15) is 0 Å². The Morgan fingerprint density at radius 3 is 2.48 bits per heavy atom. The van der Waals surface area contributed by atoms with Crippen LogP contribution in [0.4, 0.5) is 0 Å². The van der Waals surface area contributed by atoms with Crippen molar-refractivity contribution >= 4 is 17.7 Å². The van der Waals surface area contributed by atoms with E-state index in [-0.39, 0.29) is 24.6 Å². The molecular formula is C19H33N3O2S. The van der Waals surface area contributed by atoms with Gasteiger partial charge in [-0.3, -0.25) is 4.79 Å². The van der Waals surface area contributed by atoms with E-state index in [0.29, 0.717) is 11.7 Å². The second-order valence-electron chi connectivity index (χ2n) is 7.58. The summed E-state index contributed by atoms with van der Waals surface area (Å²) in [5.74, 6) is 1.20. The maximum Gasteiger partial charge on any atom is 0.233 e. The number of rotatable bonds is 8. The van der Waals surface area contributed by atoms with Crippen LogP contribution in [-0.2, 0) is 17.9 Å². The Kier molecular flexibility index (Phi) is 7.81. The van der Waals surface area contributed by atoms with Gasteiger partial charge in [0, 0.05) is 18.6 Å². The van der Waals surface area contributed by atoms with Crippen molar-refractivity contribution in [3.05, 3.63) is 11.9 Å². The maximum atomic E-state index is 12.6. The zero-order valence-electron chi connectivity index (χ0n) is 16.1. The molecule has 1 aliphatic carbocycles. The fourth-order valence-corrected chi connectivity index (χ4v) is 4.71. The highest BCUT2D eigenvalue weighted by Crippen LogP contribution is 2.28. The molecule has 6 heteroatoms. The van der Waals surface area contributed by atoms with Crippen LogP contribution >= 0.6 is 11.8 Å². The Labute approximate surface area is 156 Å². The van der Waals surface area contributed by atoms with Gasteiger partial charge in [-0.05, 0) is 46.5 Å². The Morgan fingerprint density at radius 2 is 1.92 bits per heavy atom. The van der Waals surface area contributed by atoms with E-state index in [2.05, 4.69) is 37.2 Å². The molecular weight excluding hydrogens is 334 g/mol. The van der Waals surface area contributed by atoms with Crippen molar-refractivity contribution < 1.29 is 9.90 Å². The fourth-order valence-electron chi connectivity index (χ4n) is 3.83. The molecule has 1 amide bonds. The monoisotopic (exact) mass is 367 g/mol. The summed E-state index contributed by atoms with van der Waals surface area (Å²) in [5, 5.41) is 10.5.